The van der Waals surface area contributed by atoms with Crippen LogP contribution in [-0.2, 0) is 6.42 Å². The number of hydrogen-bond acceptors (Lipinski definition) is 3. The summed E-state index contributed by atoms with van der Waals surface area (Å²) in [6, 6.07) is 7.93. The Morgan fingerprint density at radius 1 is 1.50 bits per heavy atom. The topological polar surface area (TPSA) is 45.0 Å². The molecule has 0 bridgehead atoms. The highest BCUT2D eigenvalue weighted by Crippen LogP contribution is 2.39. The van der Waals surface area contributed by atoms with Gasteiger partial charge in [0.15, 0.2) is 0 Å². The second-order valence-electron chi connectivity index (χ2n) is 4.72. The van der Waals surface area contributed by atoms with E-state index in [1.165, 1.54) is 5.56 Å². The molecule has 0 saturated carbocycles. The van der Waals surface area contributed by atoms with E-state index in [9.17, 15) is 0 Å². The lowest BCUT2D eigenvalue weighted by molar-refractivity contribution is 0.137. The molecule has 1 heterocycles. The summed E-state index contributed by atoms with van der Waals surface area (Å²) in [5, 5.41) is 12.1. The van der Waals surface area contributed by atoms with Gasteiger partial charge in [0.05, 0.1) is 6.07 Å². The first-order valence-corrected chi connectivity index (χ1v) is 5.45. The standard InChI is InChI=1S/C13H16N2O/c1-13(2)7-9-5-4-6-10(12(9)16-13)11(8-14)15-3/h4-6,11,15H,7H2,1-3H3. The molecule has 1 unspecified atom stereocenters. The molecule has 0 aromatic heterocycles. The fourth-order valence-electron chi connectivity index (χ4n) is 2.16. The molecule has 0 amide bonds. The van der Waals surface area contributed by atoms with E-state index in [-0.39, 0.29) is 11.6 Å². The highest BCUT2D eigenvalue weighted by Gasteiger charge is 2.32. The van der Waals surface area contributed by atoms with E-state index in [0.717, 1.165) is 17.7 Å². The van der Waals surface area contributed by atoms with E-state index < -0.39 is 0 Å². The number of para-hydroxylation sites is 1. The van der Waals surface area contributed by atoms with Crippen molar-refractivity contribution in [1.82, 2.24) is 5.32 Å². The fourth-order valence-corrected chi connectivity index (χ4v) is 2.16. The predicted molar refractivity (Wildman–Crippen MR) is 62.3 cm³/mol. The lowest BCUT2D eigenvalue weighted by Crippen LogP contribution is -2.25. The van der Waals surface area contributed by atoms with Crippen LogP contribution >= 0.6 is 0 Å². The van der Waals surface area contributed by atoms with Crippen LogP contribution in [0.4, 0.5) is 0 Å². The number of benzene rings is 1. The molecule has 0 spiro atoms. The van der Waals surface area contributed by atoms with Gasteiger partial charge in [-0.05, 0) is 26.5 Å². The highest BCUT2D eigenvalue weighted by atomic mass is 16.5. The molecule has 1 aliphatic rings. The zero-order valence-electron chi connectivity index (χ0n) is 9.87. The van der Waals surface area contributed by atoms with Crippen molar-refractivity contribution in [2.75, 3.05) is 7.05 Å². The van der Waals surface area contributed by atoms with Gasteiger partial charge in [0.2, 0.25) is 0 Å². The molecule has 0 fully saturated rings. The molecule has 1 aromatic rings. The summed E-state index contributed by atoms with van der Waals surface area (Å²) >= 11 is 0. The van der Waals surface area contributed by atoms with Gasteiger partial charge in [-0.25, -0.2) is 0 Å². The van der Waals surface area contributed by atoms with Crippen LogP contribution in [0.5, 0.6) is 5.75 Å². The fraction of sp³-hybridized carbons (Fsp3) is 0.462. The predicted octanol–water partition coefficient (Wildman–Crippen LogP) is 2.18. The number of hydrogen-bond donors (Lipinski definition) is 1. The maximum absolute atomic E-state index is 9.07. The second-order valence-corrected chi connectivity index (χ2v) is 4.72. The minimum Gasteiger partial charge on any atom is -0.487 e. The molecule has 0 radical (unpaired) electrons. The third kappa shape index (κ3) is 1.77. The Labute approximate surface area is 96.0 Å². The summed E-state index contributed by atoms with van der Waals surface area (Å²) in [7, 11) is 1.79. The minimum absolute atomic E-state index is 0.161. The van der Waals surface area contributed by atoms with Crippen LogP contribution in [-0.4, -0.2) is 12.6 Å². The first-order chi connectivity index (χ1) is 7.57. The Hall–Kier alpha value is -1.53. The third-order valence-electron chi connectivity index (χ3n) is 2.85. The van der Waals surface area contributed by atoms with Gasteiger partial charge in [0.1, 0.15) is 17.4 Å². The Bertz CT molecular complexity index is 446. The maximum atomic E-state index is 9.07. The van der Waals surface area contributed by atoms with Crippen LogP contribution in [0.2, 0.25) is 0 Å². The Balaban J connectivity index is 2.45. The van der Waals surface area contributed by atoms with Crippen molar-refractivity contribution < 1.29 is 4.74 Å². The normalized spacial score (nSPS) is 18.4. The molecule has 3 nitrogen and oxygen atoms in total. The van der Waals surface area contributed by atoms with Crippen LogP contribution in [0.1, 0.15) is 31.0 Å². The van der Waals surface area contributed by atoms with Crippen molar-refractivity contribution in [1.29, 1.82) is 5.26 Å². The van der Waals surface area contributed by atoms with Gasteiger partial charge in [-0.1, -0.05) is 18.2 Å². The van der Waals surface area contributed by atoms with Gasteiger partial charge in [0.25, 0.3) is 0 Å². The molecule has 84 valence electrons. The summed E-state index contributed by atoms with van der Waals surface area (Å²) in [5.74, 6) is 0.883. The van der Waals surface area contributed by atoms with Crippen LogP contribution in [0.3, 0.4) is 0 Å². The van der Waals surface area contributed by atoms with Crippen molar-refractivity contribution in [3.8, 4) is 11.8 Å². The quantitative estimate of drug-likeness (QED) is 0.824. The molecule has 1 aromatic carbocycles. The smallest absolute Gasteiger partial charge is 0.129 e. The lowest BCUT2D eigenvalue weighted by Gasteiger charge is -2.19. The van der Waals surface area contributed by atoms with Gasteiger partial charge in [-0.3, -0.25) is 0 Å². The number of ether oxygens (including phenoxy) is 1. The molecule has 0 saturated heterocycles. The number of nitrogens with one attached hydrogen (secondary N) is 1. The zero-order valence-corrected chi connectivity index (χ0v) is 9.87. The minimum atomic E-state index is -0.302. The third-order valence-corrected chi connectivity index (χ3v) is 2.85. The average molecular weight is 216 g/mol. The summed E-state index contributed by atoms with van der Waals surface area (Å²) in [6.07, 6.45) is 0.901. The van der Waals surface area contributed by atoms with Crippen LogP contribution < -0.4 is 10.1 Å². The average Bonchev–Trinajstić information content (AvgIpc) is 2.54. The molecule has 1 N–H and O–H groups in total. The SMILES string of the molecule is CNC(C#N)c1cccc2c1OC(C)(C)C2. The van der Waals surface area contributed by atoms with E-state index in [1.54, 1.807) is 7.05 Å². The van der Waals surface area contributed by atoms with E-state index >= 15 is 0 Å². The summed E-state index contributed by atoms with van der Waals surface area (Å²) in [4.78, 5) is 0. The number of rotatable bonds is 2. The lowest BCUT2D eigenvalue weighted by atomic mass is 9.98. The van der Waals surface area contributed by atoms with E-state index in [2.05, 4.69) is 31.3 Å². The largest absolute Gasteiger partial charge is 0.487 e. The number of nitriles is 1. The van der Waals surface area contributed by atoms with Gasteiger partial charge < -0.3 is 10.1 Å². The molecule has 1 aliphatic heterocycles. The summed E-state index contributed by atoms with van der Waals surface area (Å²) in [5.41, 5.74) is 1.97. The molecule has 3 heteroatoms. The van der Waals surface area contributed by atoms with Crippen molar-refractivity contribution in [3.63, 3.8) is 0 Å². The second kappa shape index (κ2) is 3.80. The maximum Gasteiger partial charge on any atom is 0.129 e. The molecule has 16 heavy (non-hydrogen) atoms. The molecule has 0 aliphatic carbocycles. The van der Waals surface area contributed by atoms with E-state index in [0.29, 0.717) is 0 Å². The van der Waals surface area contributed by atoms with Gasteiger partial charge >= 0.3 is 0 Å². The van der Waals surface area contributed by atoms with E-state index in [1.807, 2.05) is 12.1 Å². The molecular formula is C13H16N2O. The van der Waals surface area contributed by atoms with Gasteiger partial charge in [0, 0.05) is 12.0 Å². The Kier molecular flexibility index (Phi) is 2.61. The zero-order chi connectivity index (χ0) is 11.8. The summed E-state index contributed by atoms with van der Waals surface area (Å²) in [6.45, 7) is 4.13. The van der Waals surface area contributed by atoms with Crippen LogP contribution in [0.15, 0.2) is 18.2 Å². The monoisotopic (exact) mass is 216 g/mol. The Morgan fingerprint density at radius 2 is 2.25 bits per heavy atom. The Morgan fingerprint density at radius 3 is 2.88 bits per heavy atom. The number of fused-ring (bicyclic) bond motifs is 1. The molecular weight excluding hydrogens is 200 g/mol. The first-order valence-electron chi connectivity index (χ1n) is 5.45. The molecule has 1 atom stereocenters. The van der Waals surface area contributed by atoms with Crippen molar-refractivity contribution in [3.05, 3.63) is 29.3 Å². The molecule has 2 rings (SSSR count). The first kappa shape index (κ1) is 11.0. The number of nitrogens with zero attached hydrogens (tertiary/aromatic N) is 1. The van der Waals surface area contributed by atoms with Gasteiger partial charge in [-0.15, -0.1) is 0 Å². The summed E-state index contributed by atoms with van der Waals surface area (Å²) < 4.78 is 5.92. The van der Waals surface area contributed by atoms with Crippen molar-refractivity contribution in [2.45, 2.75) is 31.9 Å². The van der Waals surface area contributed by atoms with Crippen LogP contribution in [0.25, 0.3) is 0 Å². The highest BCUT2D eigenvalue weighted by molar-refractivity contribution is 5.48. The van der Waals surface area contributed by atoms with E-state index in [4.69, 9.17) is 10.00 Å². The van der Waals surface area contributed by atoms with Crippen molar-refractivity contribution >= 4 is 0 Å². The van der Waals surface area contributed by atoms with Crippen LogP contribution in [0, 0.1) is 11.3 Å². The van der Waals surface area contributed by atoms with Gasteiger partial charge in [-0.2, -0.15) is 5.26 Å². The van der Waals surface area contributed by atoms with Crippen molar-refractivity contribution in [2.24, 2.45) is 0 Å².